The number of hydrogen-bond acceptors (Lipinski definition) is 4. The molecule has 7 heteroatoms. The van der Waals surface area contributed by atoms with Gasteiger partial charge in [0.25, 0.3) is 5.91 Å². The van der Waals surface area contributed by atoms with E-state index in [2.05, 4.69) is 25.8 Å². The van der Waals surface area contributed by atoms with Gasteiger partial charge in [0.1, 0.15) is 5.69 Å². The van der Waals surface area contributed by atoms with Crippen molar-refractivity contribution >= 4 is 22.5 Å². The lowest BCUT2D eigenvalue weighted by Crippen LogP contribution is -2.12. The molecule has 0 saturated heterocycles. The number of amides is 1. The SMILES string of the molecule is Cc1ccc2cc(C(=O)Nc3cccc(-c4nnnn4C4CC4)c3)[nH]c2c1. The minimum Gasteiger partial charge on any atom is -0.351 e. The second kappa shape index (κ2) is 6.05. The van der Waals surface area contributed by atoms with Crippen LogP contribution in [0, 0.1) is 6.92 Å². The smallest absolute Gasteiger partial charge is 0.272 e. The van der Waals surface area contributed by atoms with Gasteiger partial charge >= 0.3 is 0 Å². The Morgan fingerprint density at radius 1 is 1.19 bits per heavy atom. The first-order chi connectivity index (χ1) is 13.2. The Kier molecular flexibility index (Phi) is 3.53. The average Bonchev–Trinajstić information content (AvgIpc) is 3.23. The second-order valence-electron chi connectivity index (χ2n) is 6.99. The van der Waals surface area contributed by atoms with Crippen LogP contribution in [0.4, 0.5) is 5.69 Å². The van der Waals surface area contributed by atoms with Crippen LogP contribution in [0.1, 0.15) is 34.9 Å². The summed E-state index contributed by atoms with van der Waals surface area (Å²) in [5, 5.41) is 16.0. The number of H-pyrrole nitrogens is 1. The predicted octanol–water partition coefficient (Wildman–Crippen LogP) is 3.72. The number of tetrazole rings is 1. The third kappa shape index (κ3) is 2.97. The van der Waals surface area contributed by atoms with Crippen LogP contribution in [0.2, 0.25) is 0 Å². The first kappa shape index (κ1) is 15.7. The molecule has 7 nitrogen and oxygen atoms in total. The van der Waals surface area contributed by atoms with Crippen LogP contribution in [0.3, 0.4) is 0 Å². The molecule has 5 rings (SSSR count). The fourth-order valence-corrected chi connectivity index (χ4v) is 3.25. The number of carbonyl (C=O) groups is 1. The molecule has 1 aliphatic rings. The minimum atomic E-state index is -0.178. The maximum absolute atomic E-state index is 12.7. The van der Waals surface area contributed by atoms with Gasteiger partial charge in [-0.2, -0.15) is 0 Å². The molecular weight excluding hydrogens is 340 g/mol. The highest BCUT2D eigenvalue weighted by atomic mass is 16.1. The summed E-state index contributed by atoms with van der Waals surface area (Å²) < 4.78 is 1.86. The zero-order valence-corrected chi connectivity index (χ0v) is 14.8. The Labute approximate surface area is 155 Å². The van der Waals surface area contributed by atoms with E-state index in [9.17, 15) is 4.79 Å². The molecule has 27 heavy (non-hydrogen) atoms. The van der Waals surface area contributed by atoms with Gasteiger partial charge in [-0.15, -0.1) is 5.10 Å². The third-order valence-electron chi connectivity index (χ3n) is 4.79. The van der Waals surface area contributed by atoms with E-state index in [4.69, 9.17) is 0 Å². The first-order valence-electron chi connectivity index (χ1n) is 8.96. The quantitative estimate of drug-likeness (QED) is 0.582. The van der Waals surface area contributed by atoms with Crippen molar-refractivity contribution in [3.8, 4) is 11.4 Å². The fraction of sp³-hybridized carbons (Fsp3) is 0.200. The van der Waals surface area contributed by atoms with Crippen LogP contribution in [-0.2, 0) is 0 Å². The van der Waals surface area contributed by atoms with Crippen molar-refractivity contribution in [2.45, 2.75) is 25.8 Å². The van der Waals surface area contributed by atoms with Gasteiger partial charge in [0.05, 0.1) is 6.04 Å². The Hall–Kier alpha value is -3.48. The zero-order chi connectivity index (χ0) is 18.4. The minimum absolute atomic E-state index is 0.178. The molecule has 0 spiro atoms. The lowest BCUT2D eigenvalue weighted by atomic mass is 10.2. The van der Waals surface area contributed by atoms with Crippen molar-refractivity contribution in [2.24, 2.45) is 0 Å². The summed E-state index contributed by atoms with van der Waals surface area (Å²) in [6.07, 6.45) is 2.21. The Balaban J connectivity index is 1.41. The topological polar surface area (TPSA) is 88.5 Å². The number of anilines is 1. The van der Waals surface area contributed by atoms with E-state index < -0.39 is 0 Å². The molecule has 1 aliphatic carbocycles. The predicted molar refractivity (Wildman–Crippen MR) is 103 cm³/mol. The highest BCUT2D eigenvalue weighted by Gasteiger charge is 2.28. The largest absolute Gasteiger partial charge is 0.351 e. The molecule has 0 atom stereocenters. The van der Waals surface area contributed by atoms with Crippen molar-refractivity contribution in [3.63, 3.8) is 0 Å². The van der Waals surface area contributed by atoms with Crippen LogP contribution < -0.4 is 5.32 Å². The molecule has 1 saturated carbocycles. The molecule has 2 heterocycles. The van der Waals surface area contributed by atoms with Crippen LogP contribution in [-0.4, -0.2) is 31.1 Å². The fourth-order valence-electron chi connectivity index (χ4n) is 3.25. The molecule has 0 unspecified atom stereocenters. The van der Waals surface area contributed by atoms with Gasteiger partial charge in [-0.3, -0.25) is 4.79 Å². The summed E-state index contributed by atoms with van der Waals surface area (Å²) >= 11 is 0. The Bertz CT molecular complexity index is 1150. The third-order valence-corrected chi connectivity index (χ3v) is 4.79. The molecule has 2 aromatic heterocycles. The Morgan fingerprint density at radius 3 is 2.93 bits per heavy atom. The maximum Gasteiger partial charge on any atom is 0.272 e. The van der Waals surface area contributed by atoms with E-state index in [1.54, 1.807) is 0 Å². The molecule has 1 fully saturated rings. The number of rotatable bonds is 4. The number of fused-ring (bicyclic) bond motifs is 1. The summed E-state index contributed by atoms with van der Waals surface area (Å²) in [6.45, 7) is 2.03. The second-order valence-corrected chi connectivity index (χ2v) is 6.99. The Morgan fingerprint density at radius 2 is 2.07 bits per heavy atom. The normalized spacial score (nSPS) is 13.8. The maximum atomic E-state index is 12.7. The van der Waals surface area contributed by atoms with Gasteiger partial charge in [-0.05, 0) is 60.0 Å². The number of aryl methyl sites for hydroxylation is 1. The molecule has 4 aromatic rings. The van der Waals surface area contributed by atoms with Crippen molar-refractivity contribution in [3.05, 3.63) is 59.8 Å². The monoisotopic (exact) mass is 358 g/mol. The van der Waals surface area contributed by atoms with Gasteiger partial charge in [0.2, 0.25) is 0 Å². The number of hydrogen-bond donors (Lipinski definition) is 2. The number of benzene rings is 2. The number of aromatic amines is 1. The molecule has 2 aromatic carbocycles. The van der Waals surface area contributed by atoms with E-state index in [-0.39, 0.29) is 5.91 Å². The average molecular weight is 358 g/mol. The highest BCUT2D eigenvalue weighted by molar-refractivity contribution is 6.06. The van der Waals surface area contributed by atoms with E-state index in [0.717, 1.165) is 40.7 Å². The molecule has 0 bridgehead atoms. The summed E-state index contributed by atoms with van der Waals surface area (Å²) in [5.41, 5.74) is 4.23. The summed E-state index contributed by atoms with van der Waals surface area (Å²) in [5.74, 6) is 0.553. The lowest BCUT2D eigenvalue weighted by Gasteiger charge is -2.07. The van der Waals surface area contributed by atoms with Crippen molar-refractivity contribution in [1.29, 1.82) is 0 Å². The molecule has 0 aliphatic heterocycles. The summed E-state index contributed by atoms with van der Waals surface area (Å²) in [6, 6.07) is 15.9. The summed E-state index contributed by atoms with van der Waals surface area (Å²) in [7, 11) is 0. The van der Waals surface area contributed by atoms with E-state index >= 15 is 0 Å². The van der Waals surface area contributed by atoms with E-state index in [1.165, 1.54) is 0 Å². The lowest BCUT2D eigenvalue weighted by molar-refractivity contribution is 0.102. The van der Waals surface area contributed by atoms with Crippen molar-refractivity contribution < 1.29 is 4.79 Å². The number of nitrogens with one attached hydrogen (secondary N) is 2. The van der Waals surface area contributed by atoms with Crippen LogP contribution in [0.25, 0.3) is 22.3 Å². The van der Waals surface area contributed by atoms with Crippen LogP contribution in [0.5, 0.6) is 0 Å². The van der Waals surface area contributed by atoms with E-state index in [1.807, 2.05) is 60.1 Å². The summed E-state index contributed by atoms with van der Waals surface area (Å²) in [4.78, 5) is 15.8. The van der Waals surface area contributed by atoms with Crippen LogP contribution >= 0.6 is 0 Å². The molecular formula is C20H18N6O. The number of aromatic nitrogens is 5. The van der Waals surface area contributed by atoms with Crippen molar-refractivity contribution in [1.82, 2.24) is 25.2 Å². The molecule has 2 N–H and O–H groups in total. The first-order valence-corrected chi connectivity index (χ1v) is 8.96. The highest BCUT2D eigenvalue weighted by Crippen LogP contribution is 2.36. The van der Waals surface area contributed by atoms with Gasteiger partial charge in [0, 0.05) is 22.2 Å². The zero-order valence-electron chi connectivity index (χ0n) is 14.8. The molecule has 134 valence electrons. The number of carbonyl (C=O) groups excluding carboxylic acids is 1. The van der Waals surface area contributed by atoms with Gasteiger partial charge < -0.3 is 10.3 Å². The standard InChI is InChI=1S/C20H18N6O/c1-12-5-6-13-11-18(22-17(13)9-12)20(27)21-15-4-2-3-14(10-15)19-23-24-25-26(19)16-7-8-16/h2-6,9-11,16,22H,7-8H2,1H3,(H,21,27). The van der Waals surface area contributed by atoms with Gasteiger partial charge in [0.15, 0.2) is 5.82 Å². The molecule has 1 amide bonds. The molecule has 0 radical (unpaired) electrons. The van der Waals surface area contributed by atoms with Crippen LogP contribution in [0.15, 0.2) is 48.5 Å². The van der Waals surface area contributed by atoms with Gasteiger partial charge in [-0.25, -0.2) is 4.68 Å². The van der Waals surface area contributed by atoms with Crippen molar-refractivity contribution in [2.75, 3.05) is 5.32 Å². The van der Waals surface area contributed by atoms with E-state index in [0.29, 0.717) is 17.4 Å². The van der Waals surface area contributed by atoms with Gasteiger partial charge in [-0.1, -0.05) is 24.3 Å². The number of nitrogens with zero attached hydrogens (tertiary/aromatic N) is 4.